The molecule has 2 heterocycles. The number of hydrogen-bond donors (Lipinski definition) is 1. The third-order valence-corrected chi connectivity index (χ3v) is 7.33. The van der Waals surface area contributed by atoms with Crippen LogP contribution in [0.25, 0.3) is 0 Å². The largest absolute Gasteiger partial charge is 0.502 e. The molecule has 2 aromatic rings. The minimum Gasteiger partial charge on any atom is -0.470 e. The molecule has 34 heavy (non-hydrogen) atoms. The molecular formula is C24H25F3N2O4S. The van der Waals surface area contributed by atoms with Gasteiger partial charge in [0.1, 0.15) is 17.2 Å². The zero-order chi connectivity index (χ0) is 24.9. The van der Waals surface area contributed by atoms with Gasteiger partial charge in [-0.2, -0.15) is 13.2 Å². The molecule has 2 aromatic carbocycles. The van der Waals surface area contributed by atoms with Crippen LogP contribution in [0.1, 0.15) is 50.9 Å². The smallest absolute Gasteiger partial charge is 0.470 e. The number of alkyl halides is 3. The lowest BCUT2D eigenvalue weighted by Gasteiger charge is -2.25. The number of rotatable bonds is 4. The van der Waals surface area contributed by atoms with Crippen LogP contribution in [-0.4, -0.2) is 31.0 Å². The Morgan fingerprint density at radius 2 is 1.41 bits per heavy atom. The lowest BCUT2D eigenvalue weighted by molar-refractivity contribution is -0.0429. The van der Waals surface area contributed by atoms with E-state index in [2.05, 4.69) is 10.3 Å². The monoisotopic (exact) mass is 494 g/mol. The van der Waals surface area contributed by atoms with Crippen molar-refractivity contribution in [1.29, 1.82) is 0 Å². The second kappa shape index (κ2) is 8.04. The van der Waals surface area contributed by atoms with Gasteiger partial charge in [0, 0.05) is 0 Å². The number of sulfone groups is 1. The van der Waals surface area contributed by atoms with Crippen LogP contribution in [0, 0.1) is 0 Å². The molecule has 182 valence electrons. The first-order valence-corrected chi connectivity index (χ1v) is 12.1. The minimum atomic E-state index is -5.88. The van der Waals surface area contributed by atoms with E-state index >= 15 is 0 Å². The number of halogens is 3. The topological polar surface area (TPSA) is 77.0 Å². The summed E-state index contributed by atoms with van der Waals surface area (Å²) >= 11 is 0. The Bertz CT molecular complexity index is 1240. The third-order valence-electron chi connectivity index (χ3n) is 5.82. The Balaban J connectivity index is 1.88. The Kier molecular flexibility index (Phi) is 5.70. The number of aliphatic imine (C=N–C) groups is 1. The average Bonchev–Trinajstić information content (AvgIpc) is 3.23. The Hall–Kier alpha value is -3.01. The highest BCUT2D eigenvalue weighted by atomic mass is 32.2. The number of hydrogen-bond acceptors (Lipinski definition) is 6. The van der Waals surface area contributed by atoms with Crippen LogP contribution < -0.4 is 5.32 Å². The van der Waals surface area contributed by atoms with E-state index in [0.717, 1.165) is 5.56 Å². The zero-order valence-corrected chi connectivity index (χ0v) is 19.9. The van der Waals surface area contributed by atoms with Gasteiger partial charge in [-0.1, -0.05) is 60.7 Å². The normalized spacial score (nSPS) is 25.1. The molecule has 2 atom stereocenters. The van der Waals surface area contributed by atoms with Crippen LogP contribution in [0.3, 0.4) is 0 Å². The molecule has 0 aromatic heterocycles. The van der Waals surface area contributed by atoms with E-state index < -0.39 is 55.3 Å². The standard InChI is InChI=1S/C24H25F3N2O4S/c1-22(2)18(15-11-7-5-8-12-15)28-20(32-22)17(34(30,31)24(25,26)27)21-29-19(23(3,4)33-21)16-13-9-6-10-14-16/h5-14,18-19,28H,1-4H3/b20-17-/t18-,19-/m0/s1. The lowest BCUT2D eigenvalue weighted by Crippen LogP contribution is -2.34. The molecule has 4 rings (SSSR count). The average molecular weight is 495 g/mol. The van der Waals surface area contributed by atoms with Crippen LogP contribution in [-0.2, 0) is 19.3 Å². The fraction of sp³-hybridized carbons (Fsp3) is 0.375. The van der Waals surface area contributed by atoms with Crippen molar-refractivity contribution < 1.29 is 31.1 Å². The van der Waals surface area contributed by atoms with Crippen molar-refractivity contribution in [2.24, 2.45) is 4.99 Å². The second-order valence-electron chi connectivity index (χ2n) is 9.25. The SMILES string of the molecule is CC1(C)OC(/C(=C2\N[C@@H](c3ccccc3)C(C)(C)O2)S(=O)(=O)C(F)(F)F)=N[C@H]1c1ccccc1. The van der Waals surface area contributed by atoms with Crippen LogP contribution in [0.5, 0.6) is 0 Å². The first-order valence-electron chi connectivity index (χ1n) is 10.6. The van der Waals surface area contributed by atoms with Crippen molar-refractivity contribution in [1.82, 2.24) is 5.32 Å². The Morgan fingerprint density at radius 1 is 0.882 bits per heavy atom. The summed E-state index contributed by atoms with van der Waals surface area (Å²) in [7, 11) is -5.88. The molecule has 1 N–H and O–H groups in total. The molecule has 0 amide bonds. The zero-order valence-electron chi connectivity index (χ0n) is 19.1. The van der Waals surface area contributed by atoms with Gasteiger partial charge in [-0.15, -0.1) is 0 Å². The van der Waals surface area contributed by atoms with Gasteiger partial charge in [-0.05, 0) is 38.8 Å². The van der Waals surface area contributed by atoms with Gasteiger partial charge in [-0.25, -0.2) is 13.4 Å². The quantitative estimate of drug-likeness (QED) is 0.634. The van der Waals surface area contributed by atoms with Gasteiger partial charge in [0.25, 0.3) is 9.84 Å². The number of nitrogens with one attached hydrogen (secondary N) is 1. The molecule has 0 spiro atoms. The summed E-state index contributed by atoms with van der Waals surface area (Å²) in [5, 5.41) is 2.85. The van der Waals surface area contributed by atoms with Crippen molar-refractivity contribution >= 4 is 15.7 Å². The maximum Gasteiger partial charge on any atom is 0.502 e. The second-order valence-corrected chi connectivity index (χ2v) is 11.1. The van der Waals surface area contributed by atoms with Crippen molar-refractivity contribution in [3.63, 3.8) is 0 Å². The lowest BCUT2D eigenvalue weighted by atomic mass is 9.93. The van der Waals surface area contributed by atoms with Gasteiger partial charge >= 0.3 is 5.51 Å². The van der Waals surface area contributed by atoms with Gasteiger partial charge < -0.3 is 14.8 Å². The maximum absolute atomic E-state index is 13.8. The molecule has 0 aliphatic carbocycles. The molecule has 0 radical (unpaired) electrons. The summed E-state index contributed by atoms with van der Waals surface area (Å²) in [5.74, 6) is -1.18. The molecule has 0 bridgehead atoms. The van der Waals surface area contributed by atoms with Crippen LogP contribution >= 0.6 is 0 Å². The van der Waals surface area contributed by atoms with Crippen molar-refractivity contribution in [3.8, 4) is 0 Å². The van der Waals surface area contributed by atoms with E-state index in [1.807, 2.05) is 0 Å². The molecule has 6 nitrogen and oxygen atoms in total. The Morgan fingerprint density at radius 3 is 1.94 bits per heavy atom. The molecule has 10 heteroatoms. The number of benzene rings is 2. The molecule has 2 aliphatic rings. The van der Waals surface area contributed by atoms with Gasteiger partial charge in [0.15, 0.2) is 4.91 Å². The van der Waals surface area contributed by atoms with E-state index in [-0.39, 0.29) is 0 Å². The molecule has 1 saturated heterocycles. The molecule has 1 fully saturated rings. The summed E-state index contributed by atoms with van der Waals surface area (Å²) < 4.78 is 78.5. The first kappa shape index (κ1) is 24.1. The molecule has 0 unspecified atom stereocenters. The first-order chi connectivity index (χ1) is 15.7. The third kappa shape index (κ3) is 4.15. The van der Waals surface area contributed by atoms with E-state index in [9.17, 15) is 21.6 Å². The summed E-state index contributed by atoms with van der Waals surface area (Å²) in [6, 6.07) is 16.4. The molecule has 2 aliphatic heterocycles. The van der Waals surface area contributed by atoms with Gasteiger partial charge in [-0.3, -0.25) is 0 Å². The highest BCUT2D eigenvalue weighted by Crippen LogP contribution is 2.45. The summed E-state index contributed by atoms with van der Waals surface area (Å²) in [5.41, 5.74) is -6.34. The van der Waals surface area contributed by atoms with E-state index in [1.165, 1.54) is 0 Å². The van der Waals surface area contributed by atoms with E-state index in [1.54, 1.807) is 88.4 Å². The van der Waals surface area contributed by atoms with Gasteiger partial charge in [0.2, 0.25) is 11.8 Å². The summed E-state index contributed by atoms with van der Waals surface area (Å²) in [6.45, 7) is 6.61. The van der Waals surface area contributed by atoms with Gasteiger partial charge in [0.05, 0.1) is 6.04 Å². The maximum atomic E-state index is 13.8. The highest BCUT2D eigenvalue weighted by molar-refractivity contribution is 7.97. The molecular weight excluding hydrogens is 469 g/mol. The Labute approximate surface area is 196 Å². The highest BCUT2D eigenvalue weighted by Gasteiger charge is 2.56. The van der Waals surface area contributed by atoms with Crippen molar-refractivity contribution in [2.45, 2.75) is 56.5 Å². The fourth-order valence-electron chi connectivity index (χ4n) is 4.17. The van der Waals surface area contributed by atoms with E-state index in [0.29, 0.717) is 5.56 Å². The number of ether oxygens (including phenoxy) is 2. The van der Waals surface area contributed by atoms with Crippen LogP contribution in [0.4, 0.5) is 13.2 Å². The van der Waals surface area contributed by atoms with E-state index in [4.69, 9.17) is 9.47 Å². The summed E-state index contributed by atoms with van der Waals surface area (Å²) in [6.07, 6.45) is 0. The summed E-state index contributed by atoms with van der Waals surface area (Å²) in [4.78, 5) is 3.16. The van der Waals surface area contributed by atoms with Crippen molar-refractivity contribution in [2.75, 3.05) is 0 Å². The van der Waals surface area contributed by atoms with Crippen molar-refractivity contribution in [3.05, 3.63) is 82.6 Å². The predicted octanol–water partition coefficient (Wildman–Crippen LogP) is 5.18. The number of nitrogens with zero attached hydrogens (tertiary/aromatic N) is 1. The van der Waals surface area contributed by atoms with Crippen LogP contribution in [0.2, 0.25) is 0 Å². The fourth-order valence-corrected chi connectivity index (χ4v) is 5.07. The minimum absolute atomic E-state index is 0.542. The molecule has 0 saturated carbocycles. The van der Waals surface area contributed by atoms with Crippen LogP contribution in [0.15, 0.2) is 76.4 Å². The predicted molar refractivity (Wildman–Crippen MR) is 121 cm³/mol.